The van der Waals surface area contributed by atoms with E-state index >= 15 is 0 Å². The zero-order chi connectivity index (χ0) is 18.6. The molecule has 0 saturated carbocycles. The van der Waals surface area contributed by atoms with Gasteiger partial charge in [-0.25, -0.2) is 13.1 Å². The summed E-state index contributed by atoms with van der Waals surface area (Å²) in [6.45, 7) is 2.91. The van der Waals surface area contributed by atoms with Gasteiger partial charge in [-0.3, -0.25) is 4.79 Å². The second-order valence-electron chi connectivity index (χ2n) is 6.33. The van der Waals surface area contributed by atoms with Crippen molar-refractivity contribution in [1.82, 2.24) is 4.72 Å². The van der Waals surface area contributed by atoms with Crippen molar-refractivity contribution in [3.8, 4) is 0 Å². The number of nitrogens with one attached hydrogen (secondary N) is 2. The molecule has 1 aliphatic rings. The maximum absolute atomic E-state index is 12.3. The molecular formula is C19H22N2O4S. The molecule has 7 heteroatoms. The summed E-state index contributed by atoms with van der Waals surface area (Å²) in [5.41, 5.74) is 2.19. The molecule has 0 aromatic heterocycles. The summed E-state index contributed by atoms with van der Waals surface area (Å²) in [4.78, 5) is 12.4. The van der Waals surface area contributed by atoms with Crippen LogP contribution < -0.4 is 10.0 Å². The predicted molar refractivity (Wildman–Crippen MR) is 99.7 cm³/mol. The lowest BCUT2D eigenvalue weighted by Crippen LogP contribution is -2.31. The Balaban J connectivity index is 1.63. The van der Waals surface area contributed by atoms with Gasteiger partial charge in [0.1, 0.15) is 0 Å². The van der Waals surface area contributed by atoms with E-state index in [0.717, 1.165) is 18.4 Å². The van der Waals surface area contributed by atoms with Crippen LogP contribution in [0.15, 0.2) is 53.4 Å². The van der Waals surface area contributed by atoms with E-state index in [4.69, 9.17) is 4.74 Å². The van der Waals surface area contributed by atoms with Crippen LogP contribution in [0.2, 0.25) is 0 Å². The van der Waals surface area contributed by atoms with E-state index in [1.165, 1.54) is 24.3 Å². The number of rotatable bonds is 6. The van der Waals surface area contributed by atoms with Gasteiger partial charge in [-0.15, -0.1) is 0 Å². The first-order valence-corrected chi connectivity index (χ1v) is 10.0. The Labute approximate surface area is 153 Å². The molecule has 1 fully saturated rings. The van der Waals surface area contributed by atoms with Gasteiger partial charge in [0, 0.05) is 24.4 Å². The molecule has 26 heavy (non-hydrogen) atoms. The maximum Gasteiger partial charge on any atom is 0.255 e. The standard InChI is InChI=1S/C19H22N2O4S/c1-14-4-8-16(9-5-14)21-19(22)15-6-10-18(11-7-15)26(23,24)20-13-17-3-2-12-25-17/h4-11,17,20H,2-3,12-13H2,1H3,(H,21,22)/t17-/m0/s1. The van der Waals surface area contributed by atoms with E-state index in [1.807, 2.05) is 31.2 Å². The van der Waals surface area contributed by atoms with Crippen LogP contribution in [0.3, 0.4) is 0 Å². The molecule has 2 aromatic carbocycles. The molecule has 138 valence electrons. The summed E-state index contributed by atoms with van der Waals surface area (Å²) in [6.07, 6.45) is 1.75. The van der Waals surface area contributed by atoms with Crippen molar-refractivity contribution >= 4 is 21.6 Å². The Morgan fingerprint density at radius 2 is 1.81 bits per heavy atom. The fourth-order valence-corrected chi connectivity index (χ4v) is 3.78. The average molecular weight is 374 g/mol. The number of amides is 1. The lowest BCUT2D eigenvalue weighted by molar-refractivity contribution is 0.102. The van der Waals surface area contributed by atoms with Crippen LogP contribution in [0.5, 0.6) is 0 Å². The lowest BCUT2D eigenvalue weighted by atomic mass is 10.2. The third-order valence-corrected chi connectivity index (χ3v) is 5.70. The largest absolute Gasteiger partial charge is 0.377 e. The molecule has 2 aromatic rings. The molecule has 3 rings (SSSR count). The van der Waals surface area contributed by atoms with Crippen LogP contribution in [0, 0.1) is 6.92 Å². The Morgan fingerprint density at radius 3 is 2.42 bits per heavy atom. The highest BCUT2D eigenvalue weighted by Gasteiger charge is 2.20. The second kappa shape index (κ2) is 7.99. The first-order valence-electron chi connectivity index (χ1n) is 8.53. The van der Waals surface area contributed by atoms with Crippen LogP contribution in [0.1, 0.15) is 28.8 Å². The summed E-state index contributed by atoms with van der Waals surface area (Å²) >= 11 is 0. The van der Waals surface area contributed by atoms with Crippen LogP contribution in [0.25, 0.3) is 0 Å². The van der Waals surface area contributed by atoms with Crippen LogP contribution >= 0.6 is 0 Å². The van der Waals surface area contributed by atoms with Gasteiger partial charge in [0.15, 0.2) is 0 Å². The first-order chi connectivity index (χ1) is 12.4. The van der Waals surface area contributed by atoms with E-state index in [2.05, 4.69) is 10.0 Å². The van der Waals surface area contributed by atoms with Gasteiger partial charge in [0.2, 0.25) is 10.0 Å². The molecule has 0 bridgehead atoms. The van der Waals surface area contributed by atoms with Gasteiger partial charge in [-0.2, -0.15) is 0 Å². The highest BCUT2D eigenvalue weighted by atomic mass is 32.2. The monoisotopic (exact) mass is 374 g/mol. The number of aryl methyl sites for hydroxylation is 1. The Kier molecular flexibility index (Phi) is 5.70. The molecule has 0 unspecified atom stereocenters. The van der Waals surface area contributed by atoms with Gasteiger partial charge in [-0.05, 0) is 56.2 Å². The predicted octanol–water partition coefficient (Wildman–Crippen LogP) is 2.70. The number of hydrogen-bond acceptors (Lipinski definition) is 4. The van der Waals surface area contributed by atoms with E-state index in [1.54, 1.807) is 0 Å². The molecule has 0 spiro atoms. The summed E-state index contributed by atoms with van der Waals surface area (Å²) < 4.78 is 32.6. The minimum atomic E-state index is -3.62. The van der Waals surface area contributed by atoms with Gasteiger partial charge < -0.3 is 10.1 Å². The fourth-order valence-electron chi connectivity index (χ4n) is 2.72. The molecule has 1 heterocycles. The van der Waals surface area contributed by atoms with Crippen LogP contribution in [-0.4, -0.2) is 33.6 Å². The van der Waals surface area contributed by atoms with Crippen molar-refractivity contribution in [3.05, 3.63) is 59.7 Å². The average Bonchev–Trinajstić information content (AvgIpc) is 3.16. The van der Waals surface area contributed by atoms with Crippen molar-refractivity contribution in [3.63, 3.8) is 0 Å². The van der Waals surface area contributed by atoms with Gasteiger partial charge in [0.25, 0.3) is 5.91 Å². The molecule has 1 saturated heterocycles. The van der Waals surface area contributed by atoms with Crippen molar-refractivity contribution in [1.29, 1.82) is 0 Å². The van der Waals surface area contributed by atoms with Crippen molar-refractivity contribution in [2.45, 2.75) is 30.8 Å². The molecule has 6 nitrogen and oxygen atoms in total. The number of carbonyl (C=O) groups excluding carboxylic acids is 1. The fraction of sp³-hybridized carbons (Fsp3) is 0.316. The van der Waals surface area contributed by atoms with Crippen molar-refractivity contribution in [2.75, 3.05) is 18.5 Å². The maximum atomic E-state index is 12.3. The first kappa shape index (κ1) is 18.6. The lowest BCUT2D eigenvalue weighted by Gasteiger charge is -2.12. The van der Waals surface area contributed by atoms with Crippen molar-refractivity contribution in [2.24, 2.45) is 0 Å². The Morgan fingerprint density at radius 1 is 1.12 bits per heavy atom. The molecular weight excluding hydrogens is 352 g/mol. The van der Waals surface area contributed by atoms with Gasteiger partial charge >= 0.3 is 0 Å². The Bertz CT molecular complexity index is 855. The topological polar surface area (TPSA) is 84.5 Å². The zero-order valence-corrected chi connectivity index (χ0v) is 15.4. The third-order valence-electron chi connectivity index (χ3n) is 4.26. The summed E-state index contributed by atoms with van der Waals surface area (Å²) in [5, 5.41) is 2.79. The smallest absolute Gasteiger partial charge is 0.255 e. The SMILES string of the molecule is Cc1ccc(NC(=O)c2ccc(S(=O)(=O)NC[C@@H]3CCCO3)cc2)cc1. The van der Waals surface area contributed by atoms with E-state index in [0.29, 0.717) is 17.9 Å². The number of hydrogen-bond donors (Lipinski definition) is 2. The minimum Gasteiger partial charge on any atom is -0.377 e. The summed E-state index contributed by atoms with van der Waals surface area (Å²) in [6, 6.07) is 13.3. The minimum absolute atomic E-state index is 0.0654. The normalized spacial score (nSPS) is 17.2. The zero-order valence-electron chi connectivity index (χ0n) is 14.6. The number of anilines is 1. The van der Waals surface area contributed by atoms with E-state index in [9.17, 15) is 13.2 Å². The molecule has 0 radical (unpaired) electrons. The van der Waals surface area contributed by atoms with Crippen LogP contribution in [0.4, 0.5) is 5.69 Å². The van der Waals surface area contributed by atoms with Gasteiger partial charge in [-0.1, -0.05) is 17.7 Å². The summed E-state index contributed by atoms with van der Waals surface area (Å²) in [5.74, 6) is -0.287. The van der Waals surface area contributed by atoms with E-state index in [-0.39, 0.29) is 23.5 Å². The van der Waals surface area contributed by atoms with Crippen molar-refractivity contribution < 1.29 is 17.9 Å². The van der Waals surface area contributed by atoms with Gasteiger partial charge in [0.05, 0.1) is 11.0 Å². The molecule has 2 N–H and O–H groups in total. The Hall–Kier alpha value is -2.22. The number of carbonyl (C=O) groups is 1. The number of ether oxygens (including phenoxy) is 1. The second-order valence-corrected chi connectivity index (χ2v) is 8.10. The third kappa shape index (κ3) is 4.69. The molecule has 0 aliphatic carbocycles. The highest BCUT2D eigenvalue weighted by molar-refractivity contribution is 7.89. The highest BCUT2D eigenvalue weighted by Crippen LogP contribution is 2.15. The summed E-state index contributed by atoms with van der Waals surface area (Å²) in [7, 11) is -3.62. The number of sulfonamides is 1. The molecule has 1 aliphatic heterocycles. The molecule has 1 atom stereocenters. The quantitative estimate of drug-likeness (QED) is 0.814. The van der Waals surface area contributed by atoms with Crippen LogP contribution in [-0.2, 0) is 14.8 Å². The number of benzene rings is 2. The van der Waals surface area contributed by atoms with E-state index < -0.39 is 10.0 Å². The molecule has 1 amide bonds.